The molecule has 1 aliphatic rings. The number of benzene rings is 4. The number of hydrogen-bond acceptors (Lipinski definition) is 9. The molecule has 0 saturated heterocycles. The van der Waals surface area contributed by atoms with Gasteiger partial charge in [-0.1, -0.05) is 31.4 Å². The van der Waals surface area contributed by atoms with E-state index in [1.807, 2.05) is 60.7 Å². The van der Waals surface area contributed by atoms with Crippen molar-refractivity contribution >= 4 is 22.8 Å². The molecular weight excluding hydrogens is 660 g/mol. The van der Waals surface area contributed by atoms with Gasteiger partial charge in [-0.15, -0.1) is 10.2 Å². The number of methoxy groups -OCH3 is 2. The number of nitrogens with zero attached hydrogens (tertiary/aromatic N) is 5. The van der Waals surface area contributed by atoms with Crippen LogP contribution in [0.25, 0.3) is 44.9 Å². The Balaban J connectivity index is 1.17. The summed E-state index contributed by atoms with van der Waals surface area (Å²) in [6.45, 7) is 0.336. The van der Waals surface area contributed by atoms with E-state index in [1.54, 1.807) is 26.4 Å². The van der Waals surface area contributed by atoms with Crippen molar-refractivity contribution in [3.63, 3.8) is 0 Å². The van der Waals surface area contributed by atoms with Crippen molar-refractivity contribution in [2.24, 2.45) is 5.73 Å². The number of H-pyrrole nitrogens is 1. The maximum absolute atomic E-state index is 13.0. The highest BCUT2D eigenvalue weighted by atomic mass is 16.5. The number of carbonyl (C=O) groups excluding carboxylic acids is 2. The largest absolute Gasteiger partial charge is 0.493 e. The average Bonchev–Trinajstić information content (AvgIpc) is 3.86. The van der Waals surface area contributed by atoms with Gasteiger partial charge in [0.05, 0.1) is 25.3 Å². The Bertz CT molecular complexity index is 2190. The first-order chi connectivity index (χ1) is 25.4. The molecule has 266 valence electrons. The van der Waals surface area contributed by atoms with Crippen LogP contribution in [0.2, 0.25) is 0 Å². The minimum absolute atomic E-state index is 0.0552. The third-order valence-corrected chi connectivity index (χ3v) is 9.46. The van der Waals surface area contributed by atoms with E-state index in [4.69, 9.17) is 24.9 Å². The zero-order valence-electron chi connectivity index (χ0n) is 29.1. The molecule has 13 heteroatoms. The summed E-state index contributed by atoms with van der Waals surface area (Å²) in [6, 6.07) is 25.6. The molecule has 2 aromatic heterocycles. The van der Waals surface area contributed by atoms with E-state index in [9.17, 15) is 9.59 Å². The third-order valence-electron chi connectivity index (χ3n) is 9.46. The third kappa shape index (κ3) is 7.29. The number of amides is 2. The van der Waals surface area contributed by atoms with Crippen LogP contribution < -0.4 is 25.3 Å². The first kappa shape index (κ1) is 34.2. The molecule has 13 nitrogen and oxygen atoms in total. The predicted octanol–water partition coefficient (Wildman–Crippen LogP) is 6.26. The van der Waals surface area contributed by atoms with Gasteiger partial charge in [0.15, 0.2) is 11.5 Å². The number of rotatable bonds is 13. The van der Waals surface area contributed by atoms with Gasteiger partial charge in [-0.3, -0.25) is 9.59 Å². The van der Waals surface area contributed by atoms with Gasteiger partial charge in [0, 0.05) is 35.7 Å². The number of tetrazole rings is 1. The van der Waals surface area contributed by atoms with E-state index in [-0.39, 0.29) is 25.5 Å². The van der Waals surface area contributed by atoms with Crippen molar-refractivity contribution in [3.8, 4) is 51.2 Å². The number of ether oxygens (including phenoxy) is 3. The van der Waals surface area contributed by atoms with E-state index in [2.05, 4.69) is 36.6 Å². The summed E-state index contributed by atoms with van der Waals surface area (Å²) in [5.41, 5.74) is 12.0. The fourth-order valence-electron chi connectivity index (χ4n) is 6.84. The Morgan fingerprint density at radius 3 is 2.38 bits per heavy atom. The summed E-state index contributed by atoms with van der Waals surface area (Å²) in [4.78, 5) is 29.3. The zero-order valence-corrected chi connectivity index (χ0v) is 29.1. The molecular formula is C39H40N8O5. The van der Waals surface area contributed by atoms with Gasteiger partial charge in [-0.25, -0.2) is 4.98 Å². The number of nitrogens with two attached hydrogens (primary N) is 1. The Morgan fingerprint density at radius 2 is 1.65 bits per heavy atom. The average molecular weight is 701 g/mol. The number of aromatic nitrogens is 6. The number of hydrogen-bond donors (Lipinski definition) is 3. The summed E-state index contributed by atoms with van der Waals surface area (Å²) >= 11 is 0. The first-order valence-electron chi connectivity index (χ1n) is 17.3. The number of aromatic amines is 1. The van der Waals surface area contributed by atoms with Crippen molar-refractivity contribution in [1.82, 2.24) is 35.5 Å². The van der Waals surface area contributed by atoms with Crippen LogP contribution in [0.15, 0.2) is 78.9 Å². The van der Waals surface area contributed by atoms with Crippen LogP contribution in [0.5, 0.6) is 17.2 Å². The van der Waals surface area contributed by atoms with E-state index in [0.29, 0.717) is 34.7 Å². The molecule has 0 radical (unpaired) electrons. The molecule has 4 N–H and O–H groups in total. The summed E-state index contributed by atoms with van der Waals surface area (Å²) in [5, 5.41) is 17.3. The molecule has 2 heterocycles. The van der Waals surface area contributed by atoms with Crippen LogP contribution in [0.1, 0.15) is 60.5 Å². The highest BCUT2D eigenvalue weighted by Gasteiger charge is 2.23. The molecule has 0 aliphatic heterocycles. The first-order valence-corrected chi connectivity index (χ1v) is 17.3. The van der Waals surface area contributed by atoms with Gasteiger partial charge in [0.2, 0.25) is 11.7 Å². The van der Waals surface area contributed by atoms with Gasteiger partial charge < -0.3 is 29.8 Å². The molecule has 1 saturated carbocycles. The van der Waals surface area contributed by atoms with Gasteiger partial charge in [-0.05, 0) is 101 Å². The fraction of sp³-hybridized carbons (Fsp3) is 0.282. The molecule has 6 aromatic rings. The normalized spacial score (nSPS) is 13.2. The Labute approximate surface area is 300 Å². The molecule has 4 aromatic carbocycles. The maximum Gasteiger partial charge on any atom is 0.251 e. The van der Waals surface area contributed by atoms with E-state index in [1.165, 1.54) is 19.3 Å². The van der Waals surface area contributed by atoms with Gasteiger partial charge in [0.1, 0.15) is 18.2 Å². The van der Waals surface area contributed by atoms with Crippen LogP contribution in [-0.2, 0) is 11.4 Å². The second-order valence-corrected chi connectivity index (χ2v) is 12.8. The van der Waals surface area contributed by atoms with Crippen LogP contribution in [-0.4, -0.2) is 62.8 Å². The maximum atomic E-state index is 13.0. The lowest BCUT2D eigenvalue weighted by Gasteiger charge is -2.25. The zero-order chi connectivity index (χ0) is 36.0. The standard InChI is InChI=1S/C39H40N8O5/c1-50-34-17-12-25(22-35(34)51-2)31-15-10-27(39(49)41-19-18-36(40)48)20-28(31)23-52-30-13-8-24(9-14-30)38-42-32-21-26(37-43-45-46-44-37)11-16-33(32)47(38)29-6-4-3-5-7-29/h8-17,20-22,29H,3-7,18-19,23H2,1-2H3,(H2,40,48)(H,41,49)(H,43,44,45,46). The highest BCUT2D eigenvalue weighted by molar-refractivity contribution is 5.95. The number of imidazole rings is 1. The molecule has 52 heavy (non-hydrogen) atoms. The lowest BCUT2D eigenvalue weighted by Crippen LogP contribution is -2.28. The van der Waals surface area contributed by atoms with Crippen molar-refractivity contribution in [2.45, 2.75) is 51.2 Å². The number of carbonyl (C=O) groups is 2. The van der Waals surface area contributed by atoms with E-state index in [0.717, 1.165) is 57.5 Å². The van der Waals surface area contributed by atoms with Crippen molar-refractivity contribution < 1.29 is 23.8 Å². The van der Waals surface area contributed by atoms with E-state index < -0.39 is 5.91 Å². The number of fused-ring (bicyclic) bond motifs is 1. The quantitative estimate of drug-likeness (QED) is 0.126. The van der Waals surface area contributed by atoms with Gasteiger partial charge in [-0.2, -0.15) is 5.21 Å². The fourth-order valence-corrected chi connectivity index (χ4v) is 6.84. The minimum atomic E-state index is -0.481. The molecule has 2 amide bonds. The topological polar surface area (TPSA) is 172 Å². The van der Waals surface area contributed by atoms with Crippen LogP contribution in [0, 0.1) is 0 Å². The second-order valence-electron chi connectivity index (χ2n) is 12.8. The summed E-state index contributed by atoms with van der Waals surface area (Å²) in [7, 11) is 3.18. The van der Waals surface area contributed by atoms with Crippen LogP contribution in [0.3, 0.4) is 0 Å². The highest BCUT2D eigenvalue weighted by Crippen LogP contribution is 2.38. The van der Waals surface area contributed by atoms with Crippen LogP contribution >= 0.6 is 0 Å². The van der Waals surface area contributed by atoms with Crippen molar-refractivity contribution in [1.29, 1.82) is 0 Å². The smallest absolute Gasteiger partial charge is 0.251 e. The number of primary amides is 1. The van der Waals surface area contributed by atoms with Crippen molar-refractivity contribution in [3.05, 3.63) is 90.0 Å². The summed E-state index contributed by atoms with van der Waals surface area (Å²) in [6.07, 6.45) is 5.91. The summed E-state index contributed by atoms with van der Waals surface area (Å²) in [5.74, 6) is 2.50. The Hall–Kier alpha value is -6.24. The lowest BCUT2D eigenvalue weighted by molar-refractivity contribution is -0.117. The molecule has 1 fully saturated rings. The Kier molecular flexibility index (Phi) is 10.1. The molecule has 0 bridgehead atoms. The van der Waals surface area contributed by atoms with Gasteiger partial charge in [0.25, 0.3) is 5.91 Å². The molecule has 0 unspecified atom stereocenters. The lowest BCUT2D eigenvalue weighted by atomic mass is 9.94. The minimum Gasteiger partial charge on any atom is -0.493 e. The molecule has 0 atom stereocenters. The van der Waals surface area contributed by atoms with Gasteiger partial charge >= 0.3 is 0 Å². The van der Waals surface area contributed by atoms with Crippen LogP contribution in [0.4, 0.5) is 0 Å². The monoisotopic (exact) mass is 700 g/mol. The summed E-state index contributed by atoms with van der Waals surface area (Å²) < 4.78 is 19.7. The predicted molar refractivity (Wildman–Crippen MR) is 196 cm³/mol. The molecule has 1 aliphatic carbocycles. The molecule has 7 rings (SSSR count). The Morgan fingerprint density at radius 1 is 0.885 bits per heavy atom. The molecule has 0 spiro atoms. The van der Waals surface area contributed by atoms with Crippen molar-refractivity contribution in [2.75, 3.05) is 20.8 Å². The van der Waals surface area contributed by atoms with E-state index >= 15 is 0 Å². The second kappa shape index (κ2) is 15.3. The SMILES string of the molecule is COc1ccc(-c2ccc(C(=O)NCCC(N)=O)cc2COc2ccc(-c3nc4cc(-c5nn[nH]n5)ccc4n3C3CCCCC3)cc2)cc1OC. The number of nitrogens with one attached hydrogen (secondary N) is 2.